The summed E-state index contributed by atoms with van der Waals surface area (Å²) < 4.78 is 0. The van der Waals surface area contributed by atoms with Crippen LogP contribution in [0.1, 0.15) is 18.1 Å². The zero-order valence-electron chi connectivity index (χ0n) is 9.30. The molecule has 0 atom stereocenters. The molecule has 0 radical (unpaired) electrons. The van der Waals surface area contributed by atoms with Gasteiger partial charge >= 0.3 is 0 Å². The Bertz CT molecular complexity index is 250. The third kappa shape index (κ3) is 11.6. The van der Waals surface area contributed by atoms with Gasteiger partial charge in [-0.3, -0.25) is 0 Å². The first kappa shape index (κ1) is 17.1. The van der Waals surface area contributed by atoms with E-state index in [0.29, 0.717) is 0 Å². The number of aliphatic hydroxyl groups is 2. The fourth-order valence-corrected chi connectivity index (χ4v) is 0.912. The first-order valence-electron chi connectivity index (χ1n) is 4.53. The fourth-order valence-electron chi connectivity index (χ4n) is 0.795. The predicted molar refractivity (Wildman–Crippen MR) is 66.6 cm³/mol. The molecular formula is C11H18Cl2O2. The summed E-state index contributed by atoms with van der Waals surface area (Å²) >= 11 is 10.3. The molecule has 88 valence electrons. The van der Waals surface area contributed by atoms with Gasteiger partial charge < -0.3 is 10.2 Å². The van der Waals surface area contributed by atoms with Crippen LogP contribution < -0.4 is 0 Å². The second kappa shape index (κ2) is 11.8. The summed E-state index contributed by atoms with van der Waals surface area (Å²) in [6.45, 7) is 6.00. The van der Waals surface area contributed by atoms with Gasteiger partial charge in [0.25, 0.3) is 0 Å². The van der Waals surface area contributed by atoms with Crippen LogP contribution in [0.2, 0.25) is 5.02 Å². The van der Waals surface area contributed by atoms with Gasteiger partial charge in [-0.2, -0.15) is 0 Å². The highest BCUT2D eigenvalue weighted by Crippen LogP contribution is 2.14. The van der Waals surface area contributed by atoms with Crippen LogP contribution >= 0.6 is 23.2 Å². The molecule has 0 heterocycles. The Balaban J connectivity index is 0. The number of aliphatic hydroxyl groups excluding tert-OH is 2. The summed E-state index contributed by atoms with van der Waals surface area (Å²) in [6, 6.07) is 5.73. The molecule has 15 heavy (non-hydrogen) atoms. The van der Waals surface area contributed by atoms with Crippen molar-refractivity contribution in [2.24, 2.45) is 0 Å². The minimum Gasteiger partial charge on any atom is -0.397 e. The second-order valence-corrected chi connectivity index (χ2v) is 3.33. The van der Waals surface area contributed by atoms with E-state index >= 15 is 0 Å². The second-order valence-electron chi connectivity index (χ2n) is 2.69. The third-order valence-corrected chi connectivity index (χ3v) is 1.74. The van der Waals surface area contributed by atoms with Crippen LogP contribution in [-0.2, 0) is 0 Å². The molecule has 0 aromatic heterocycles. The van der Waals surface area contributed by atoms with Crippen molar-refractivity contribution < 1.29 is 10.2 Å². The fraction of sp³-hybridized carbons (Fsp3) is 0.455. The average molecular weight is 253 g/mol. The van der Waals surface area contributed by atoms with E-state index in [1.807, 2.05) is 19.1 Å². The van der Waals surface area contributed by atoms with Gasteiger partial charge in [-0.15, -0.1) is 0 Å². The van der Waals surface area contributed by atoms with Crippen molar-refractivity contribution in [2.45, 2.75) is 20.8 Å². The van der Waals surface area contributed by atoms with Crippen molar-refractivity contribution >= 4 is 23.2 Å². The van der Waals surface area contributed by atoms with E-state index in [4.69, 9.17) is 21.8 Å². The summed E-state index contributed by atoms with van der Waals surface area (Å²) in [5, 5.41) is 15.8. The minimum atomic E-state index is -0.278. The van der Waals surface area contributed by atoms with Crippen LogP contribution in [0.4, 0.5) is 0 Å². The van der Waals surface area contributed by atoms with Crippen LogP contribution in [-0.4, -0.2) is 22.9 Å². The van der Waals surface area contributed by atoms with Crippen LogP contribution in [0.5, 0.6) is 0 Å². The lowest BCUT2D eigenvalue weighted by Crippen LogP contribution is -1.75. The van der Waals surface area contributed by atoms with Crippen LogP contribution in [0.25, 0.3) is 0 Å². The number of rotatable bonds is 0. The van der Waals surface area contributed by atoms with E-state index in [9.17, 15) is 0 Å². The van der Waals surface area contributed by atoms with Gasteiger partial charge in [0.1, 0.15) is 6.07 Å². The molecule has 0 saturated heterocycles. The molecule has 2 nitrogen and oxygen atoms in total. The summed E-state index contributed by atoms with van der Waals surface area (Å²) in [5.74, 6) is 0. The number of benzene rings is 1. The van der Waals surface area contributed by atoms with Gasteiger partial charge in [-0.05, 0) is 32.4 Å². The highest BCUT2D eigenvalue weighted by atomic mass is 35.5. The van der Waals surface area contributed by atoms with Crippen LogP contribution in [0, 0.1) is 13.8 Å². The van der Waals surface area contributed by atoms with Gasteiger partial charge in [0.2, 0.25) is 0 Å². The Labute approximate surface area is 101 Å². The molecule has 0 aliphatic heterocycles. The zero-order chi connectivity index (χ0) is 12.3. The van der Waals surface area contributed by atoms with Crippen molar-refractivity contribution in [1.29, 1.82) is 0 Å². The molecule has 0 fully saturated rings. The summed E-state index contributed by atoms with van der Waals surface area (Å²) in [4.78, 5) is 0. The Hall–Kier alpha value is -0.280. The molecule has 0 aliphatic rings. The Morgan fingerprint density at radius 2 is 1.60 bits per heavy atom. The molecule has 4 heteroatoms. The van der Waals surface area contributed by atoms with E-state index in [2.05, 4.69) is 24.6 Å². The molecular weight excluding hydrogens is 235 g/mol. The number of hydrogen-bond donors (Lipinski definition) is 2. The summed E-state index contributed by atoms with van der Waals surface area (Å²) in [6.07, 6.45) is 0. The van der Waals surface area contributed by atoms with E-state index in [0.717, 1.165) is 10.6 Å². The van der Waals surface area contributed by atoms with Gasteiger partial charge in [0.15, 0.2) is 0 Å². The zero-order valence-corrected chi connectivity index (χ0v) is 10.8. The van der Waals surface area contributed by atoms with Gasteiger partial charge in [-0.25, -0.2) is 0 Å². The summed E-state index contributed by atoms with van der Waals surface area (Å²) in [7, 11) is 0. The van der Waals surface area contributed by atoms with Gasteiger partial charge in [0, 0.05) is 11.6 Å². The molecule has 0 amide bonds. The van der Waals surface area contributed by atoms with E-state index in [1.165, 1.54) is 5.56 Å². The summed E-state index contributed by atoms with van der Waals surface area (Å²) in [5.41, 5.74) is 2.41. The molecule has 1 rings (SSSR count). The number of alkyl halides is 1. The topological polar surface area (TPSA) is 40.5 Å². The average Bonchev–Trinajstić information content (AvgIpc) is 2.14. The quantitative estimate of drug-likeness (QED) is 0.697. The van der Waals surface area contributed by atoms with Crippen molar-refractivity contribution in [3.05, 3.63) is 34.3 Å². The maximum Gasteiger partial charge on any atom is 0.117 e. The van der Waals surface area contributed by atoms with Crippen LogP contribution in [0.3, 0.4) is 0 Å². The molecule has 1 aromatic rings. The van der Waals surface area contributed by atoms with Crippen molar-refractivity contribution in [3.63, 3.8) is 0 Å². The first-order chi connectivity index (χ1) is 7.03. The standard InChI is InChI=1S/C8H9Cl.C2H6O.CH3ClO/c1-6-3-4-8(9)7(2)5-6;1-2-3;2-1-3/h3-5H,1-2H3;3H,2H2,1H3;3H,1H2. The third-order valence-electron chi connectivity index (χ3n) is 1.31. The lowest BCUT2D eigenvalue weighted by atomic mass is 10.2. The Kier molecular flexibility index (Phi) is 13.5. The van der Waals surface area contributed by atoms with E-state index in [1.54, 1.807) is 6.92 Å². The molecule has 1 aromatic carbocycles. The van der Waals surface area contributed by atoms with Gasteiger partial charge in [-0.1, -0.05) is 40.9 Å². The first-order valence-corrected chi connectivity index (χ1v) is 5.45. The monoisotopic (exact) mass is 252 g/mol. The van der Waals surface area contributed by atoms with Gasteiger partial charge in [0.05, 0.1) is 0 Å². The maximum atomic E-state index is 7.57. The van der Waals surface area contributed by atoms with E-state index < -0.39 is 0 Å². The molecule has 0 bridgehead atoms. The van der Waals surface area contributed by atoms with Crippen molar-refractivity contribution in [2.75, 3.05) is 12.7 Å². The minimum absolute atomic E-state index is 0.250. The predicted octanol–water partition coefficient (Wildman–Crippen LogP) is 3.13. The Morgan fingerprint density at radius 3 is 1.87 bits per heavy atom. The number of halogens is 2. The van der Waals surface area contributed by atoms with Crippen molar-refractivity contribution in [3.8, 4) is 0 Å². The Morgan fingerprint density at radius 1 is 1.20 bits per heavy atom. The molecule has 0 saturated carbocycles. The highest BCUT2D eigenvalue weighted by Gasteiger charge is 1.91. The molecule has 0 unspecified atom stereocenters. The normalized spacial score (nSPS) is 8.20. The highest BCUT2D eigenvalue weighted by molar-refractivity contribution is 6.31. The van der Waals surface area contributed by atoms with E-state index in [-0.39, 0.29) is 12.7 Å². The molecule has 0 aliphatic carbocycles. The smallest absolute Gasteiger partial charge is 0.117 e. The number of hydrogen-bond acceptors (Lipinski definition) is 2. The number of aryl methyl sites for hydroxylation is 2. The largest absolute Gasteiger partial charge is 0.397 e. The molecule has 0 spiro atoms. The molecule has 2 N–H and O–H groups in total. The van der Waals surface area contributed by atoms with Crippen LogP contribution in [0.15, 0.2) is 18.2 Å². The lowest BCUT2D eigenvalue weighted by molar-refractivity contribution is 0.318. The maximum absolute atomic E-state index is 7.57. The lowest BCUT2D eigenvalue weighted by Gasteiger charge is -1.96. The SMILES string of the molecule is CCO.Cc1ccc(Cl)c(C)c1.OCCl. The van der Waals surface area contributed by atoms with Crippen molar-refractivity contribution in [1.82, 2.24) is 0 Å².